The van der Waals surface area contributed by atoms with Crippen molar-refractivity contribution in [3.05, 3.63) is 41.8 Å². The first kappa shape index (κ1) is 12.4. The molecular weight excluding hydrogens is 251 g/mol. The number of oxazole rings is 1. The van der Waals surface area contributed by atoms with Gasteiger partial charge in [0.25, 0.3) is 0 Å². The predicted molar refractivity (Wildman–Crippen MR) is 53.9 cm³/mol. The summed E-state index contributed by atoms with van der Waals surface area (Å²) in [5.74, 6) is 0.161. The van der Waals surface area contributed by atoms with Crippen molar-refractivity contribution >= 4 is 0 Å². The number of benzene rings is 1. The van der Waals surface area contributed by atoms with E-state index in [1.165, 1.54) is 6.26 Å². The van der Waals surface area contributed by atoms with Gasteiger partial charge in [0, 0.05) is 0 Å². The first-order chi connectivity index (χ1) is 8.49. The maximum atomic E-state index is 12.3. The molecule has 18 heavy (non-hydrogen) atoms. The van der Waals surface area contributed by atoms with E-state index in [9.17, 15) is 13.2 Å². The van der Waals surface area contributed by atoms with E-state index in [0.717, 1.165) is 24.3 Å². The van der Waals surface area contributed by atoms with Crippen molar-refractivity contribution in [3.63, 3.8) is 0 Å². The van der Waals surface area contributed by atoms with Crippen LogP contribution in [0.1, 0.15) is 11.3 Å². The maximum Gasteiger partial charge on any atom is 0.416 e. The maximum absolute atomic E-state index is 12.3. The average molecular weight is 259 g/mol. The second-order valence-electron chi connectivity index (χ2n) is 3.39. The molecule has 1 aromatic heterocycles. The molecule has 0 saturated carbocycles. The lowest BCUT2D eigenvalue weighted by Crippen LogP contribution is -2.03. The number of rotatable bonds is 3. The Hall–Kier alpha value is -2.02. The summed E-state index contributed by atoms with van der Waals surface area (Å²) >= 11 is 0. The van der Waals surface area contributed by atoms with Crippen molar-refractivity contribution in [1.82, 2.24) is 4.98 Å². The van der Waals surface area contributed by atoms with Gasteiger partial charge in [0.2, 0.25) is 0 Å². The molecule has 0 amide bonds. The fourth-order valence-corrected chi connectivity index (χ4v) is 1.22. The first-order valence-corrected chi connectivity index (χ1v) is 4.89. The molecule has 96 valence electrons. The Morgan fingerprint density at radius 3 is 2.39 bits per heavy atom. The molecule has 0 atom stereocenters. The SMILES string of the molecule is OCc1coc(Oc2ccc(C(F)(F)F)cc2)n1. The molecule has 1 heterocycles. The van der Waals surface area contributed by atoms with E-state index >= 15 is 0 Å². The third-order valence-corrected chi connectivity index (χ3v) is 2.08. The zero-order valence-electron chi connectivity index (χ0n) is 8.94. The van der Waals surface area contributed by atoms with Crippen LogP contribution in [-0.2, 0) is 12.8 Å². The van der Waals surface area contributed by atoms with Gasteiger partial charge in [-0.05, 0) is 24.3 Å². The molecule has 1 N–H and O–H groups in total. The Morgan fingerprint density at radius 2 is 1.89 bits per heavy atom. The van der Waals surface area contributed by atoms with Crippen molar-refractivity contribution in [3.8, 4) is 11.8 Å². The van der Waals surface area contributed by atoms with E-state index in [0.29, 0.717) is 0 Å². The number of aliphatic hydroxyl groups is 1. The fourth-order valence-electron chi connectivity index (χ4n) is 1.22. The Kier molecular flexibility index (Phi) is 3.24. The largest absolute Gasteiger partial charge is 0.417 e. The summed E-state index contributed by atoms with van der Waals surface area (Å²) in [6.45, 7) is -0.306. The molecule has 2 aromatic rings. The minimum atomic E-state index is -4.38. The van der Waals surface area contributed by atoms with E-state index in [1.54, 1.807) is 0 Å². The molecule has 2 rings (SSSR count). The molecule has 0 radical (unpaired) electrons. The topological polar surface area (TPSA) is 55.5 Å². The molecule has 0 unspecified atom stereocenters. The quantitative estimate of drug-likeness (QED) is 0.920. The van der Waals surface area contributed by atoms with Gasteiger partial charge in [-0.3, -0.25) is 0 Å². The minimum absolute atomic E-state index is 0.140. The molecular formula is C11H8F3NO3. The van der Waals surface area contributed by atoms with Gasteiger partial charge in [-0.25, -0.2) is 0 Å². The Bertz CT molecular complexity index is 519. The van der Waals surface area contributed by atoms with Crippen LogP contribution in [0.4, 0.5) is 13.2 Å². The van der Waals surface area contributed by atoms with Crippen LogP contribution in [0.15, 0.2) is 34.9 Å². The van der Waals surface area contributed by atoms with Gasteiger partial charge in [0.15, 0.2) is 0 Å². The molecule has 1 aromatic carbocycles. The number of hydrogen-bond donors (Lipinski definition) is 1. The van der Waals surface area contributed by atoms with Crippen LogP contribution in [0.5, 0.6) is 11.8 Å². The van der Waals surface area contributed by atoms with Gasteiger partial charge < -0.3 is 14.3 Å². The van der Waals surface area contributed by atoms with Crippen LogP contribution in [0.2, 0.25) is 0 Å². The summed E-state index contributed by atoms with van der Waals surface area (Å²) in [4.78, 5) is 3.73. The van der Waals surface area contributed by atoms with Crippen LogP contribution < -0.4 is 4.74 Å². The number of ether oxygens (including phenoxy) is 1. The average Bonchev–Trinajstić information content (AvgIpc) is 2.76. The summed E-state index contributed by atoms with van der Waals surface area (Å²) in [5.41, 5.74) is -0.491. The van der Waals surface area contributed by atoms with Crippen molar-refractivity contribution in [1.29, 1.82) is 0 Å². The second-order valence-corrected chi connectivity index (χ2v) is 3.39. The van der Waals surface area contributed by atoms with E-state index in [4.69, 9.17) is 14.3 Å². The summed E-state index contributed by atoms with van der Waals surface area (Å²) in [6.07, 6.45) is -3.33. The van der Waals surface area contributed by atoms with Gasteiger partial charge in [-0.15, -0.1) is 0 Å². The molecule has 0 bridgehead atoms. The van der Waals surface area contributed by atoms with E-state index in [1.807, 2.05) is 0 Å². The molecule has 0 aliphatic heterocycles. The third kappa shape index (κ3) is 2.80. The monoisotopic (exact) mass is 259 g/mol. The van der Waals surface area contributed by atoms with Crippen molar-refractivity contribution in [2.24, 2.45) is 0 Å². The van der Waals surface area contributed by atoms with Gasteiger partial charge in [-0.2, -0.15) is 18.2 Å². The molecule has 0 aliphatic carbocycles. The standard InChI is InChI=1S/C11H8F3NO3/c12-11(13,14)7-1-3-9(4-2-7)18-10-15-8(5-16)6-17-10/h1-4,6,16H,5H2. The van der Waals surface area contributed by atoms with Gasteiger partial charge >= 0.3 is 12.3 Å². The normalized spacial score (nSPS) is 11.6. The molecule has 0 spiro atoms. The highest BCUT2D eigenvalue weighted by Crippen LogP contribution is 2.31. The number of aromatic nitrogens is 1. The Labute approximate surface area is 99.6 Å². The highest BCUT2D eigenvalue weighted by molar-refractivity contribution is 5.30. The zero-order valence-corrected chi connectivity index (χ0v) is 8.94. The second kappa shape index (κ2) is 4.69. The Balaban J connectivity index is 2.11. The summed E-state index contributed by atoms with van der Waals surface area (Å²) in [7, 11) is 0. The lowest BCUT2D eigenvalue weighted by molar-refractivity contribution is -0.137. The highest BCUT2D eigenvalue weighted by atomic mass is 19.4. The minimum Gasteiger partial charge on any atom is -0.417 e. The molecule has 7 heteroatoms. The number of alkyl halides is 3. The smallest absolute Gasteiger partial charge is 0.416 e. The molecule has 0 fully saturated rings. The third-order valence-electron chi connectivity index (χ3n) is 2.08. The van der Waals surface area contributed by atoms with Gasteiger partial charge in [-0.1, -0.05) is 0 Å². The van der Waals surface area contributed by atoms with Gasteiger partial charge in [0.1, 0.15) is 17.7 Å². The van der Waals surface area contributed by atoms with Crippen LogP contribution in [-0.4, -0.2) is 10.1 Å². The zero-order chi connectivity index (χ0) is 13.2. The summed E-state index contributed by atoms with van der Waals surface area (Å²) in [6, 6.07) is 4.10. The van der Waals surface area contributed by atoms with E-state index in [2.05, 4.69) is 4.98 Å². The van der Waals surface area contributed by atoms with E-state index in [-0.39, 0.29) is 24.1 Å². The van der Waals surface area contributed by atoms with Gasteiger partial charge in [0.05, 0.1) is 12.2 Å². The van der Waals surface area contributed by atoms with E-state index < -0.39 is 11.7 Å². The van der Waals surface area contributed by atoms with Crippen LogP contribution in [0, 0.1) is 0 Å². The fraction of sp³-hybridized carbons (Fsp3) is 0.182. The highest BCUT2D eigenvalue weighted by Gasteiger charge is 2.30. The summed E-state index contributed by atoms with van der Waals surface area (Å²) < 4.78 is 46.8. The van der Waals surface area contributed by atoms with Crippen molar-refractivity contribution < 1.29 is 27.4 Å². The number of aliphatic hydroxyl groups excluding tert-OH is 1. The number of hydrogen-bond acceptors (Lipinski definition) is 4. The molecule has 0 aliphatic rings. The van der Waals surface area contributed by atoms with Crippen LogP contribution >= 0.6 is 0 Å². The first-order valence-electron chi connectivity index (χ1n) is 4.89. The van der Waals surface area contributed by atoms with Crippen molar-refractivity contribution in [2.75, 3.05) is 0 Å². The number of nitrogens with zero attached hydrogens (tertiary/aromatic N) is 1. The van der Waals surface area contributed by atoms with Crippen LogP contribution in [0.25, 0.3) is 0 Å². The molecule has 0 saturated heterocycles. The van der Waals surface area contributed by atoms with Crippen molar-refractivity contribution in [2.45, 2.75) is 12.8 Å². The Morgan fingerprint density at radius 1 is 1.22 bits per heavy atom. The summed E-state index contributed by atoms with van der Waals surface area (Å²) in [5, 5.41) is 8.74. The lowest BCUT2D eigenvalue weighted by atomic mass is 10.2. The van der Waals surface area contributed by atoms with Crippen LogP contribution in [0.3, 0.4) is 0 Å². The number of halogens is 3. The molecule has 4 nitrogen and oxygen atoms in total. The predicted octanol–water partition coefficient (Wildman–Crippen LogP) is 2.98. The lowest BCUT2D eigenvalue weighted by Gasteiger charge is -2.06.